The molecule has 2 aromatic rings. The van der Waals surface area contributed by atoms with E-state index in [9.17, 15) is 22.8 Å². The largest absolute Gasteiger partial charge is 0.481 e. The average Bonchev–Trinajstić information content (AvgIpc) is 3.49. The van der Waals surface area contributed by atoms with Gasteiger partial charge in [-0.3, -0.25) is 14.7 Å². The van der Waals surface area contributed by atoms with E-state index < -0.39 is 17.9 Å². The number of carbonyl (C=O) groups is 2. The summed E-state index contributed by atoms with van der Waals surface area (Å²) in [5.41, 5.74) is 0.943. The molecule has 3 heterocycles. The molecular formula is C25H30ClF3N4O4S. The Bertz CT molecular complexity index is 1130. The lowest BCUT2D eigenvalue weighted by molar-refractivity contribution is -0.140. The van der Waals surface area contributed by atoms with E-state index in [2.05, 4.69) is 15.3 Å². The van der Waals surface area contributed by atoms with Gasteiger partial charge in [-0.2, -0.15) is 0 Å². The molecule has 2 aliphatic heterocycles. The Balaban J connectivity index is 0.000000296. The molecule has 1 aromatic heterocycles. The molecule has 0 saturated carbocycles. The van der Waals surface area contributed by atoms with Crippen LogP contribution < -0.4 is 5.32 Å². The number of hydrogen-bond donors (Lipinski definition) is 2. The second-order valence-corrected chi connectivity index (χ2v) is 9.89. The van der Waals surface area contributed by atoms with Crippen molar-refractivity contribution in [3.05, 3.63) is 63.0 Å². The first kappa shape index (κ1) is 31.3. The van der Waals surface area contributed by atoms with Crippen molar-refractivity contribution in [3.8, 4) is 0 Å². The first-order chi connectivity index (χ1) is 17.9. The Morgan fingerprint density at radius 1 is 1.34 bits per heavy atom. The number of likely N-dealkylation sites (tertiary alicyclic amines) is 1. The van der Waals surface area contributed by atoms with Gasteiger partial charge in [0.25, 0.3) is 5.92 Å². The third-order valence-electron chi connectivity index (χ3n) is 5.10. The van der Waals surface area contributed by atoms with Gasteiger partial charge < -0.3 is 15.2 Å². The van der Waals surface area contributed by atoms with Crippen molar-refractivity contribution < 1.29 is 32.6 Å². The zero-order valence-electron chi connectivity index (χ0n) is 21.2. The molecule has 8 nitrogen and oxygen atoms in total. The zero-order valence-corrected chi connectivity index (χ0v) is 22.8. The Morgan fingerprint density at radius 3 is 2.53 bits per heavy atom. The fraction of sp³-hybridized carbons (Fsp3) is 0.440. The number of nitrogens with zero attached hydrogens (tertiary/aromatic N) is 3. The lowest BCUT2D eigenvalue weighted by Crippen LogP contribution is -2.38. The quantitative estimate of drug-likeness (QED) is 0.475. The maximum atomic E-state index is 13.4. The Labute approximate surface area is 228 Å². The van der Waals surface area contributed by atoms with Crippen molar-refractivity contribution in [3.63, 3.8) is 0 Å². The Hall–Kier alpha value is -2.96. The molecule has 1 saturated heterocycles. The first-order valence-corrected chi connectivity index (χ1v) is 13.0. The Kier molecular flexibility index (Phi) is 12.2. The zero-order chi connectivity index (χ0) is 28.3. The summed E-state index contributed by atoms with van der Waals surface area (Å²) in [4.78, 5) is 32.0. The van der Waals surface area contributed by atoms with Gasteiger partial charge in [-0.1, -0.05) is 31.5 Å². The van der Waals surface area contributed by atoms with E-state index in [1.807, 2.05) is 5.38 Å². The van der Waals surface area contributed by atoms with Crippen LogP contribution in [0.25, 0.3) is 0 Å². The number of hydrogen-bond acceptors (Lipinski definition) is 8. The number of carboxylic acid groups (broad SMARTS) is 1. The lowest BCUT2D eigenvalue weighted by atomic mass is 10.1. The van der Waals surface area contributed by atoms with Gasteiger partial charge in [0, 0.05) is 41.8 Å². The number of ether oxygens (including phenoxy) is 1. The third-order valence-corrected chi connectivity index (χ3v) is 6.11. The molecule has 0 spiro atoms. The third kappa shape index (κ3) is 10.4. The first-order valence-electron chi connectivity index (χ1n) is 11.8. The minimum absolute atomic E-state index is 0.153. The summed E-state index contributed by atoms with van der Waals surface area (Å²) in [5, 5.41) is 14.0. The van der Waals surface area contributed by atoms with Crippen LogP contribution in [-0.2, 0) is 14.3 Å². The highest BCUT2D eigenvalue weighted by atomic mass is 35.5. The molecule has 1 fully saturated rings. The van der Waals surface area contributed by atoms with Crippen LogP contribution in [0, 0.1) is 11.7 Å². The number of aliphatic carboxylic acids is 1. The fourth-order valence-electron chi connectivity index (χ4n) is 3.14. The number of thiazole rings is 1. The number of alkyl halides is 2. The number of carbonyl (C=O) groups excluding carboxylic acids is 1. The minimum atomic E-state index is -2.68. The molecule has 13 heteroatoms. The van der Waals surface area contributed by atoms with Crippen LogP contribution in [0.3, 0.4) is 0 Å². The van der Waals surface area contributed by atoms with Gasteiger partial charge in [-0.25, -0.2) is 22.9 Å². The summed E-state index contributed by atoms with van der Waals surface area (Å²) in [7, 11) is 0. The molecule has 0 radical (unpaired) electrons. The second kappa shape index (κ2) is 14.8. The van der Waals surface area contributed by atoms with Crippen molar-refractivity contribution in [1.82, 2.24) is 15.2 Å². The monoisotopic (exact) mass is 574 g/mol. The van der Waals surface area contributed by atoms with Crippen molar-refractivity contribution in [2.45, 2.75) is 33.1 Å². The van der Waals surface area contributed by atoms with Crippen molar-refractivity contribution >= 4 is 40.7 Å². The minimum Gasteiger partial charge on any atom is -0.481 e. The smallest absolute Gasteiger partial charge is 0.337 e. The molecule has 0 amide bonds. The van der Waals surface area contributed by atoms with Crippen LogP contribution in [0.1, 0.15) is 32.2 Å². The molecule has 0 unspecified atom stereocenters. The van der Waals surface area contributed by atoms with Crippen LogP contribution in [-0.4, -0.2) is 71.5 Å². The van der Waals surface area contributed by atoms with Gasteiger partial charge in [0.1, 0.15) is 5.82 Å². The molecule has 0 aliphatic carbocycles. The van der Waals surface area contributed by atoms with Gasteiger partial charge in [0.05, 0.1) is 31.2 Å². The van der Waals surface area contributed by atoms with E-state index >= 15 is 0 Å². The van der Waals surface area contributed by atoms with E-state index in [1.54, 1.807) is 44.0 Å². The summed E-state index contributed by atoms with van der Waals surface area (Å²) in [6, 6.07) is 5.82. The van der Waals surface area contributed by atoms with E-state index in [-0.39, 0.29) is 50.9 Å². The number of esters is 1. The highest BCUT2D eigenvalue weighted by molar-refractivity contribution is 7.11. The molecule has 0 bridgehead atoms. The standard InChI is InChI=1S/C15H18F2N4O2S.C6H4ClF.C4H8O2/c1-2-23-14(22)10-7-19-12(13-18-4-6-24-13)20-11(10)8-21-5-3-15(16,17)9-21;7-5-2-1-3-6(8)4-5;1-3(2)4(5)6/h4,6H,2-3,5,7-9H2,1H3,(H,19,20);1-4H;3H,1-2H3,(H,5,6). The summed E-state index contributed by atoms with van der Waals surface area (Å²) in [5.74, 6) is -3.85. The second-order valence-electron chi connectivity index (χ2n) is 8.55. The van der Waals surface area contributed by atoms with E-state index in [0.29, 0.717) is 27.1 Å². The number of rotatable bonds is 6. The average molecular weight is 575 g/mol. The van der Waals surface area contributed by atoms with Crippen LogP contribution in [0.5, 0.6) is 0 Å². The van der Waals surface area contributed by atoms with Crippen LogP contribution in [0.2, 0.25) is 5.02 Å². The molecular weight excluding hydrogens is 545 g/mol. The van der Waals surface area contributed by atoms with Gasteiger partial charge >= 0.3 is 11.9 Å². The highest BCUT2D eigenvalue weighted by Crippen LogP contribution is 2.28. The number of carboxylic acids is 1. The number of aliphatic imine (C=N–C) groups is 1. The fourth-order valence-corrected chi connectivity index (χ4v) is 3.92. The molecule has 2 aliphatic rings. The predicted molar refractivity (Wildman–Crippen MR) is 140 cm³/mol. The van der Waals surface area contributed by atoms with Gasteiger partial charge in [-0.15, -0.1) is 11.3 Å². The van der Waals surface area contributed by atoms with Crippen molar-refractivity contribution in [2.24, 2.45) is 10.9 Å². The number of amidine groups is 1. The highest BCUT2D eigenvalue weighted by Gasteiger charge is 2.39. The number of aromatic nitrogens is 1. The van der Waals surface area contributed by atoms with Gasteiger partial charge in [0.2, 0.25) is 0 Å². The molecule has 2 N–H and O–H groups in total. The summed E-state index contributed by atoms with van der Waals surface area (Å²) in [6.45, 7) is 5.62. The maximum Gasteiger partial charge on any atom is 0.337 e. The number of benzene rings is 1. The molecule has 0 atom stereocenters. The molecule has 38 heavy (non-hydrogen) atoms. The number of halogens is 4. The maximum absolute atomic E-state index is 13.4. The van der Waals surface area contributed by atoms with E-state index in [0.717, 1.165) is 0 Å². The van der Waals surface area contributed by atoms with Crippen LogP contribution >= 0.6 is 22.9 Å². The van der Waals surface area contributed by atoms with Crippen molar-refractivity contribution in [1.29, 1.82) is 0 Å². The molecule has 1 aromatic carbocycles. The van der Waals surface area contributed by atoms with Crippen LogP contribution in [0.15, 0.2) is 52.1 Å². The van der Waals surface area contributed by atoms with Gasteiger partial charge in [0.15, 0.2) is 10.8 Å². The Morgan fingerprint density at radius 2 is 2.05 bits per heavy atom. The molecule has 208 valence electrons. The topological polar surface area (TPSA) is 104 Å². The van der Waals surface area contributed by atoms with Crippen molar-refractivity contribution in [2.75, 3.05) is 32.8 Å². The lowest BCUT2D eigenvalue weighted by Gasteiger charge is -2.24. The SMILES string of the molecule is CC(C)C(=O)O.CCOC(=O)C1=C(CN2CCC(F)(F)C2)NC(c2nccs2)=NC1.Fc1cccc(Cl)c1. The summed E-state index contributed by atoms with van der Waals surface area (Å²) in [6.07, 6.45) is 1.50. The van der Waals surface area contributed by atoms with E-state index in [1.165, 1.54) is 23.5 Å². The van der Waals surface area contributed by atoms with Crippen LogP contribution in [0.4, 0.5) is 13.2 Å². The number of nitrogens with one attached hydrogen (secondary N) is 1. The predicted octanol–water partition coefficient (Wildman–Crippen LogP) is 4.86. The van der Waals surface area contributed by atoms with Gasteiger partial charge in [-0.05, 0) is 25.1 Å². The molecule has 4 rings (SSSR count). The summed E-state index contributed by atoms with van der Waals surface area (Å²) >= 11 is 6.82. The normalized spacial score (nSPS) is 16.5. The summed E-state index contributed by atoms with van der Waals surface area (Å²) < 4.78 is 44.0. The van der Waals surface area contributed by atoms with E-state index in [4.69, 9.17) is 21.4 Å².